The molecule has 0 spiro atoms. The van der Waals surface area contributed by atoms with Gasteiger partial charge < -0.3 is 15.4 Å². The topological polar surface area (TPSA) is 93.1 Å². The third kappa shape index (κ3) is 7.79. The Morgan fingerprint density at radius 3 is 2.40 bits per heavy atom. The molecule has 1 aromatic heterocycles. The number of aryl methyl sites for hydroxylation is 1. The molecular weight excluding hydrogens is 541 g/mol. The van der Waals surface area contributed by atoms with Crippen molar-refractivity contribution in [2.24, 2.45) is 0 Å². The second kappa shape index (κ2) is 12.2. The summed E-state index contributed by atoms with van der Waals surface area (Å²) in [6, 6.07) is 18.2. The number of alkyl halides is 3. The standard InChI is InChI=1S/C28H27F3N6O2S/c1-17(2)23-14-18(3)4-13-24(23)34-27(40)35-26(38)32-15-19-5-7-20(8-6-19)25-33-16-37(36-25)21-9-11-22(12-10-21)39-28(29,30)31/h4-14,16-17H,15H2,1-3H3,(H3,32,34,35,38,40). The molecule has 3 aromatic carbocycles. The summed E-state index contributed by atoms with van der Waals surface area (Å²) in [6.07, 6.45) is -3.29. The van der Waals surface area contributed by atoms with Gasteiger partial charge in [0.25, 0.3) is 0 Å². The third-order valence-corrected chi connectivity index (χ3v) is 6.00. The Balaban J connectivity index is 1.29. The number of anilines is 1. The maximum absolute atomic E-state index is 12.4. The van der Waals surface area contributed by atoms with E-state index in [9.17, 15) is 18.0 Å². The SMILES string of the molecule is Cc1ccc(NC(=S)NC(=O)NCc2ccc(-c3ncn(-c4ccc(OC(F)(F)F)cc4)n3)cc2)c(C(C)C)c1. The summed E-state index contributed by atoms with van der Waals surface area (Å²) in [5.74, 6) is 0.402. The smallest absolute Gasteiger partial charge is 0.406 e. The number of halogens is 3. The van der Waals surface area contributed by atoms with E-state index < -0.39 is 12.4 Å². The predicted octanol–water partition coefficient (Wildman–Crippen LogP) is 6.46. The van der Waals surface area contributed by atoms with E-state index in [-0.39, 0.29) is 17.4 Å². The molecule has 0 aliphatic rings. The van der Waals surface area contributed by atoms with Crippen molar-refractivity contribution in [3.8, 4) is 22.8 Å². The van der Waals surface area contributed by atoms with Crippen LogP contribution in [0.4, 0.5) is 23.7 Å². The molecular formula is C28H27F3N6O2S. The molecule has 0 unspecified atom stereocenters. The highest BCUT2D eigenvalue weighted by atomic mass is 32.1. The summed E-state index contributed by atoms with van der Waals surface area (Å²) in [5.41, 5.74) is 5.21. The van der Waals surface area contributed by atoms with Crippen molar-refractivity contribution >= 4 is 29.0 Å². The van der Waals surface area contributed by atoms with Crippen molar-refractivity contribution in [3.63, 3.8) is 0 Å². The minimum Gasteiger partial charge on any atom is -0.406 e. The number of amides is 2. The Bertz CT molecular complexity index is 1490. The fourth-order valence-corrected chi connectivity index (χ4v) is 4.05. The van der Waals surface area contributed by atoms with Crippen LogP contribution in [0.5, 0.6) is 5.75 Å². The summed E-state index contributed by atoms with van der Waals surface area (Å²) >= 11 is 5.31. The average Bonchev–Trinajstić information content (AvgIpc) is 3.38. The molecule has 0 saturated carbocycles. The monoisotopic (exact) mass is 568 g/mol. The Labute approximate surface area is 234 Å². The van der Waals surface area contributed by atoms with Crippen molar-refractivity contribution in [2.45, 2.75) is 39.6 Å². The number of carbonyl (C=O) groups excluding carboxylic acids is 1. The Hall–Kier alpha value is -4.45. The highest BCUT2D eigenvalue weighted by molar-refractivity contribution is 7.80. The Kier molecular flexibility index (Phi) is 8.68. The van der Waals surface area contributed by atoms with Gasteiger partial charge in [0.1, 0.15) is 12.1 Å². The van der Waals surface area contributed by atoms with Gasteiger partial charge in [0.2, 0.25) is 0 Å². The molecule has 4 aromatic rings. The number of hydrogen-bond acceptors (Lipinski definition) is 5. The molecule has 0 radical (unpaired) electrons. The van der Waals surface area contributed by atoms with Crippen LogP contribution in [0.3, 0.4) is 0 Å². The van der Waals surface area contributed by atoms with Crippen molar-refractivity contribution in [3.05, 3.63) is 89.7 Å². The molecule has 0 atom stereocenters. The van der Waals surface area contributed by atoms with Crippen LogP contribution in [0.2, 0.25) is 0 Å². The lowest BCUT2D eigenvalue weighted by atomic mass is 9.99. The van der Waals surface area contributed by atoms with E-state index >= 15 is 0 Å². The molecule has 1 heterocycles. The first-order chi connectivity index (χ1) is 19.0. The molecule has 0 bridgehead atoms. The molecule has 3 N–H and O–H groups in total. The molecule has 0 saturated heterocycles. The fourth-order valence-electron chi connectivity index (χ4n) is 3.85. The lowest BCUT2D eigenvalue weighted by Gasteiger charge is -2.16. The number of urea groups is 1. The summed E-state index contributed by atoms with van der Waals surface area (Å²) in [5, 5.41) is 13.1. The molecule has 12 heteroatoms. The normalized spacial score (nSPS) is 11.3. The van der Waals surface area contributed by atoms with Crippen LogP contribution in [-0.4, -0.2) is 32.3 Å². The van der Waals surface area contributed by atoms with E-state index in [0.29, 0.717) is 17.4 Å². The Morgan fingerprint density at radius 2 is 1.75 bits per heavy atom. The van der Waals surface area contributed by atoms with Crippen LogP contribution in [0, 0.1) is 6.92 Å². The van der Waals surface area contributed by atoms with Gasteiger partial charge in [-0.2, -0.15) is 0 Å². The van der Waals surface area contributed by atoms with E-state index in [0.717, 1.165) is 27.9 Å². The zero-order valence-corrected chi connectivity index (χ0v) is 22.7. The zero-order valence-electron chi connectivity index (χ0n) is 21.9. The number of aromatic nitrogens is 3. The van der Waals surface area contributed by atoms with Crippen LogP contribution in [0.15, 0.2) is 73.1 Å². The maximum Gasteiger partial charge on any atom is 0.573 e. The van der Waals surface area contributed by atoms with Crippen molar-refractivity contribution < 1.29 is 22.7 Å². The number of nitrogens with zero attached hydrogens (tertiary/aromatic N) is 3. The average molecular weight is 569 g/mol. The van der Waals surface area contributed by atoms with Crippen LogP contribution in [-0.2, 0) is 6.54 Å². The molecule has 0 fully saturated rings. The fraction of sp³-hybridized carbons (Fsp3) is 0.214. The Morgan fingerprint density at radius 1 is 1.05 bits per heavy atom. The van der Waals surface area contributed by atoms with E-state index in [1.54, 1.807) is 0 Å². The molecule has 0 aliphatic heterocycles. The van der Waals surface area contributed by atoms with Gasteiger partial charge in [0, 0.05) is 17.8 Å². The largest absolute Gasteiger partial charge is 0.573 e. The molecule has 2 amide bonds. The minimum absolute atomic E-state index is 0.197. The number of carbonyl (C=O) groups is 1. The van der Waals surface area contributed by atoms with Crippen molar-refractivity contribution in [1.82, 2.24) is 25.4 Å². The van der Waals surface area contributed by atoms with Crippen LogP contribution in [0.1, 0.15) is 36.5 Å². The molecule has 40 heavy (non-hydrogen) atoms. The van der Waals surface area contributed by atoms with Gasteiger partial charge in [-0.25, -0.2) is 14.5 Å². The van der Waals surface area contributed by atoms with Gasteiger partial charge in [-0.15, -0.1) is 18.3 Å². The highest BCUT2D eigenvalue weighted by Crippen LogP contribution is 2.26. The number of ether oxygens (including phenoxy) is 1. The van der Waals surface area contributed by atoms with Gasteiger partial charge in [0.15, 0.2) is 10.9 Å². The van der Waals surface area contributed by atoms with Crippen LogP contribution >= 0.6 is 12.2 Å². The highest BCUT2D eigenvalue weighted by Gasteiger charge is 2.31. The minimum atomic E-state index is -4.75. The first kappa shape index (κ1) is 28.6. The molecule has 0 aliphatic carbocycles. The van der Waals surface area contributed by atoms with Crippen molar-refractivity contribution in [2.75, 3.05) is 5.32 Å². The number of nitrogens with one attached hydrogen (secondary N) is 3. The van der Waals surface area contributed by atoms with Gasteiger partial charge >= 0.3 is 12.4 Å². The molecule has 4 rings (SSSR count). The maximum atomic E-state index is 12.4. The quantitative estimate of drug-likeness (QED) is 0.222. The van der Waals surface area contributed by atoms with E-state index in [1.807, 2.05) is 43.3 Å². The van der Waals surface area contributed by atoms with E-state index in [4.69, 9.17) is 12.2 Å². The lowest BCUT2D eigenvalue weighted by Crippen LogP contribution is -2.41. The zero-order chi connectivity index (χ0) is 28.9. The second-order valence-corrected chi connectivity index (χ2v) is 9.67. The first-order valence-corrected chi connectivity index (χ1v) is 12.7. The van der Waals surface area contributed by atoms with Gasteiger partial charge in [0.05, 0.1) is 5.69 Å². The third-order valence-electron chi connectivity index (χ3n) is 5.80. The first-order valence-electron chi connectivity index (χ1n) is 12.3. The number of thiocarbonyl (C=S) groups is 1. The number of hydrogen-bond donors (Lipinski definition) is 3. The second-order valence-electron chi connectivity index (χ2n) is 9.26. The van der Waals surface area contributed by atoms with Crippen LogP contribution in [0.25, 0.3) is 17.1 Å². The van der Waals surface area contributed by atoms with Gasteiger partial charge in [-0.1, -0.05) is 55.8 Å². The molecule has 208 valence electrons. The van der Waals surface area contributed by atoms with Gasteiger partial charge in [-0.05, 0) is 66.5 Å². The lowest BCUT2D eigenvalue weighted by molar-refractivity contribution is -0.274. The number of rotatable bonds is 7. The summed E-state index contributed by atoms with van der Waals surface area (Å²) in [7, 11) is 0. The number of benzene rings is 3. The van der Waals surface area contributed by atoms with E-state index in [1.165, 1.54) is 35.3 Å². The predicted molar refractivity (Wildman–Crippen MR) is 150 cm³/mol. The summed E-state index contributed by atoms with van der Waals surface area (Å²) < 4.78 is 42.4. The van der Waals surface area contributed by atoms with Crippen LogP contribution < -0.4 is 20.7 Å². The van der Waals surface area contributed by atoms with Crippen molar-refractivity contribution in [1.29, 1.82) is 0 Å². The van der Waals surface area contributed by atoms with Gasteiger partial charge in [-0.3, -0.25) is 5.32 Å². The molecule has 8 nitrogen and oxygen atoms in total. The van der Waals surface area contributed by atoms with E-state index in [2.05, 4.69) is 50.7 Å². The summed E-state index contributed by atoms with van der Waals surface area (Å²) in [6.45, 7) is 6.48. The summed E-state index contributed by atoms with van der Waals surface area (Å²) in [4.78, 5) is 16.6.